The number of thiophene rings is 1. The van der Waals surface area contributed by atoms with E-state index in [-0.39, 0.29) is 15.6 Å². The van der Waals surface area contributed by atoms with E-state index in [1.807, 2.05) is 0 Å². The second kappa shape index (κ2) is 4.94. The highest BCUT2D eigenvalue weighted by Gasteiger charge is 2.27. The van der Waals surface area contributed by atoms with Crippen molar-refractivity contribution in [3.63, 3.8) is 0 Å². The Balaban J connectivity index is 2.46. The summed E-state index contributed by atoms with van der Waals surface area (Å²) in [6, 6.07) is 0. The van der Waals surface area contributed by atoms with Crippen LogP contribution in [0.1, 0.15) is 15.2 Å². The molecule has 0 bridgehead atoms. The third kappa shape index (κ3) is 2.71. The first-order valence-electron chi connectivity index (χ1n) is 5.02. The summed E-state index contributed by atoms with van der Waals surface area (Å²) in [7, 11) is -4.00. The number of nitrogens with one attached hydrogen (secondary N) is 1. The van der Waals surface area contributed by atoms with Crippen LogP contribution in [-0.4, -0.2) is 29.5 Å². The first kappa shape index (κ1) is 13.4. The summed E-state index contributed by atoms with van der Waals surface area (Å²) in [5.74, 6) is -1.25. The van der Waals surface area contributed by atoms with Gasteiger partial charge in [0.1, 0.15) is 9.77 Å². The van der Waals surface area contributed by atoms with Gasteiger partial charge in [0.15, 0.2) is 5.82 Å². The third-order valence-electron chi connectivity index (χ3n) is 2.18. The number of aromatic nitrogens is 2. The fourth-order valence-electron chi connectivity index (χ4n) is 1.46. The van der Waals surface area contributed by atoms with Crippen molar-refractivity contribution in [1.82, 2.24) is 9.97 Å². The minimum absolute atomic E-state index is 0.0319. The van der Waals surface area contributed by atoms with Crippen LogP contribution in [0.15, 0.2) is 28.9 Å². The van der Waals surface area contributed by atoms with Crippen LogP contribution in [0.3, 0.4) is 0 Å². The van der Waals surface area contributed by atoms with Crippen LogP contribution < -0.4 is 4.72 Å². The molecule has 2 N–H and O–H groups in total. The third-order valence-corrected chi connectivity index (χ3v) is 4.94. The van der Waals surface area contributed by atoms with Gasteiger partial charge in [0.25, 0.3) is 10.0 Å². The normalized spacial score (nSPS) is 11.2. The van der Waals surface area contributed by atoms with Crippen molar-refractivity contribution in [2.24, 2.45) is 0 Å². The largest absolute Gasteiger partial charge is 0.477 e. The molecule has 2 heterocycles. The van der Waals surface area contributed by atoms with Crippen LogP contribution in [0.2, 0.25) is 0 Å². The van der Waals surface area contributed by atoms with Gasteiger partial charge < -0.3 is 5.11 Å². The number of hydrogen-bond donors (Lipinski definition) is 2. The maximum absolute atomic E-state index is 12.2. The van der Waals surface area contributed by atoms with Crippen LogP contribution in [-0.2, 0) is 10.0 Å². The average Bonchev–Trinajstić information content (AvgIpc) is 2.73. The number of rotatable bonds is 4. The predicted molar refractivity (Wildman–Crippen MR) is 68.9 cm³/mol. The SMILES string of the molecule is Cc1csc(C(=O)O)c1S(=O)(=O)Nc1cnccn1. The lowest BCUT2D eigenvalue weighted by atomic mass is 10.3. The van der Waals surface area contributed by atoms with Crippen LogP contribution in [0.5, 0.6) is 0 Å². The molecule has 0 atom stereocenters. The highest BCUT2D eigenvalue weighted by atomic mass is 32.2. The summed E-state index contributed by atoms with van der Waals surface area (Å²) in [4.78, 5) is 18.1. The summed E-state index contributed by atoms with van der Waals surface area (Å²) in [6.45, 7) is 1.54. The van der Waals surface area contributed by atoms with Crippen molar-refractivity contribution in [2.75, 3.05) is 4.72 Å². The first-order valence-corrected chi connectivity index (χ1v) is 7.38. The molecule has 19 heavy (non-hydrogen) atoms. The van der Waals surface area contributed by atoms with Crippen LogP contribution in [0.4, 0.5) is 5.82 Å². The zero-order valence-corrected chi connectivity index (χ0v) is 11.3. The van der Waals surface area contributed by atoms with Gasteiger partial charge in [-0.15, -0.1) is 11.3 Å². The van der Waals surface area contributed by atoms with E-state index < -0.39 is 16.0 Å². The summed E-state index contributed by atoms with van der Waals surface area (Å²) in [5.41, 5.74) is 0.374. The quantitative estimate of drug-likeness (QED) is 0.881. The molecule has 0 aliphatic carbocycles. The Kier molecular flexibility index (Phi) is 3.49. The monoisotopic (exact) mass is 299 g/mol. The number of carbonyl (C=O) groups is 1. The molecule has 0 radical (unpaired) electrons. The van der Waals surface area contributed by atoms with Gasteiger partial charge in [-0.2, -0.15) is 0 Å². The van der Waals surface area contributed by atoms with E-state index in [0.29, 0.717) is 5.56 Å². The van der Waals surface area contributed by atoms with Gasteiger partial charge in [-0.1, -0.05) is 0 Å². The van der Waals surface area contributed by atoms with Crippen LogP contribution in [0, 0.1) is 6.92 Å². The lowest BCUT2D eigenvalue weighted by molar-refractivity contribution is 0.0698. The van der Waals surface area contributed by atoms with E-state index in [1.54, 1.807) is 0 Å². The van der Waals surface area contributed by atoms with E-state index >= 15 is 0 Å². The smallest absolute Gasteiger partial charge is 0.347 e. The molecule has 2 aromatic heterocycles. The fraction of sp³-hybridized carbons (Fsp3) is 0.100. The number of sulfonamides is 1. The van der Waals surface area contributed by atoms with Gasteiger partial charge in [-0.3, -0.25) is 9.71 Å². The molecule has 0 aromatic carbocycles. The van der Waals surface area contributed by atoms with Crippen molar-refractivity contribution < 1.29 is 18.3 Å². The average molecular weight is 299 g/mol. The van der Waals surface area contributed by atoms with Crippen LogP contribution in [0.25, 0.3) is 0 Å². The molecule has 2 aromatic rings. The molecule has 9 heteroatoms. The van der Waals surface area contributed by atoms with E-state index in [2.05, 4.69) is 14.7 Å². The van der Waals surface area contributed by atoms with Gasteiger partial charge in [0.2, 0.25) is 0 Å². The van der Waals surface area contributed by atoms with Crippen molar-refractivity contribution in [1.29, 1.82) is 0 Å². The molecule has 0 aliphatic rings. The van der Waals surface area contributed by atoms with Crippen molar-refractivity contribution in [3.8, 4) is 0 Å². The minimum Gasteiger partial charge on any atom is -0.477 e. The van der Waals surface area contributed by atoms with Crippen molar-refractivity contribution in [3.05, 3.63) is 34.4 Å². The summed E-state index contributed by atoms with van der Waals surface area (Å²) in [5, 5.41) is 10.5. The molecule has 0 amide bonds. The van der Waals surface area contributed by atoms with Crippen LogP contribution >= 0.6 is 11.3 Å². The van der Waals surface area contributed by atoms with E-state index in [4.69, 9.17) is 5.11 Å². The lowest BCUT2D eigenvalue weighted by Gasteiger charge is -2.07. The molecular formula is C10H9N3O4S2. The maximum Gasteiger partial charge on any atom is 0.347 e. The Morgan fingerprint density at radius 1 is 1.42 bits per heavy atom. The topological polar surface area (TPSA) is 109 Å². The Bertz CT molecular complexity index is 710. The Hall–Kier alpha value is -2.00. The van der Waals surface area contributed by atoms with Gasteiger partial charge >= 0.3 is 5.97 Å². The molecule has 2 rings (SSSR count). The molecule has 0 unspecified atom stereocenters. The number of carboxylic acid groups (broad SMARTS) is 1. The van der Waals surface area contributed by atoms with Gasteiger partial charge in [-0.25, -0.2) is 18.2 Å². The molecule has 0 saturated heterocycles. The number of aryl methyl sites for hydroxylation is 1. The second-order valence-electron chi connectivity index (χ2n) is 3.58. The molecular weight excluding hydrogens is 290 g/mol. The van der Waals surface area contributed by atoms with E-state index in [9.17, 15) is 13.2 Å². The number of carboxylic acids is 1. The van der Waals surface area contributed by atoms with Gasteiger partial charge in [-0.05, 0) is 17.9 Å². The number of anilines is 1. The first-order chi connectivity index (χ1) is 8.92. The van der Waals surface area contributed by atoms with Gasteiger partial charge in [0.05, 0.1) is 6.20 Å². The number of nitrogens with zero attached hydrogens (tertiary/aromatic N) is 2. The predicted octanol–water partition coefficient (Wildman–Crippen LogP) is 1.35. The Morgan fingerprint density at radius 2 is 2.16 bits per heavy atom. The van der Waals surface area contributed by atoms with Crippen molar-refractivity contribution in [2.45, 2.75) is 11.8 Å². The van der Waals surface area contributed by atoms with E-state index in [0.717, 1.165) is 11.3 Å². The molecule has 7 nitrogen and oxygen atoms in total. The molecule has 0 spiro atoms. The lowest BCUT2D eigenvalue weighted by Crippen LogP contribution is -2.17. The highest BCUT2D eigenvalue weighted by molar-refractivity contribution is 7.93. The molecule has 0 aliphatic heterocycles. The fourth-order valence-corrected chi connectivity index (χ4v) is 4.08. The number of hydrogen-bond acceptors (Lipinski definition) is 6. The Labute approximate surface area is 113 Å². The zero-order valence-electron chi connectivity index (χ0n) is 9.69. The summed E-state index contributed by atoms with van der Waals surface area (Å²) in [6.07, 6.45) is 3.96. The standard InChI is InChI=1S/C10H9N3O4S2/c1-6-5-18-8(10(14)15)9(6)19(16,17)13-7-4-11-2-3-12-7/h2-5H,1H3,(H,12,13)(H,14,15). The molecule has 100 valence electrons. The van der Waals surface area contributed by atoms with Crippen molar-refractivity contribution >= 4 is 33.1 Å². The second-order valence-corrected chi connectivity index (χ2v) is 6.08. The molecule has 0 saturated carbocycles. The Morgan fingerprint density at radius 3 is 2.74 bits per heavy atom. The zero-order chi connectivity index (χ0) is 14.0. The summed E-state index contributed by atoms with van der Waals surface area (Å²) >= 11 is 0.867. The van der Waals surface area contributed by atoms with E-state index in [1.165, 1.54) is 30.9 Å². The highest BCUT2D eigenvalue weighted by Crippen LogP contribution is 2.28. The molecule has 0 fully saturated rings. The van der Waals surface area contributed by atoms with Gasteiger partial charge in [0, 0.05) is 12.4 Å². The minimum atomic E-state index is -4.00. The summed E-state index contributed by atoms with van der Waals surface area (Å²) < 4.78 is 26.5. The maximum atomic E-state index is 12.2. The number of aromatic carboxylic acids is 1.